The van der Waals surface area contributed by atoms with E-state index in [4.69, 9.17) is 4.74 Å². The van der Waals surface area contributed by atoms with E-state index in [2.05, 4.69) is 26.0 Å². The number of hydrogen-bond acceptors (Lipinski definition) is 2. The Hall–Kier alpha value is -1.05. The molecule has 92 valence electrons. The Morgan fingerprint density at radius 2 is 1.81 bits per heavy atom. The first-order chi connectivity index (χ1) is 7.81. The number of esters is 1. The van der Waals surface area contributed by atoms with Crippen LogP contribution >= 0.6 is 0 Å². The van der Waals surface area contributed by atoms with Crippen LogP contribution in [0.5, 0.6) is 0 Å². The van der Waals surface area contributed by atoms with Gasteiger partial charge in [-0.25, -0.2) is 0 Å². The highest BCUT2D eigenvalue weighted by Crippen LogP contribution is 1.97. The van der Waals surface area contributed by atoms with Crippen molar-refractivity contribution in [3.05, 3.63) is 24.3 Å². The van der Waals surface area contributed by atoms with E-state index in [1.165, 1.54) is 12.8 Å². The lowest BCUT2D eigenvalue weighted by Crippen LogP contribution is -2.03. The van der Waals surface area contributed by atoms with Crippen LogP contribution in [0.25, 0.3) is 0 Å². The quantitative estimate of drug-likeness (QED) is 0.336. The summed E-state index contributed by atoms with van der Waals surface area (Å²) in [7, 11) is 0. The highest BCUT2D eigenvalue weighted by Gasteiger charge is 1.97. The van der Waals surface area contributed by atoms with E-state index in [9.17, 15) is 4.79 Å². The van der Waals surface area contributed by atoms with Crippen molar-refractivity contribution < 1.29 is 9.53 Å². The molecule has 2 nitrogen and oxygen atoms in total. The van der Waals surface area contributed by atoms with Crippen molar-refractivity contribution in [2.45, 2.75) is 52.4 Å². The normalized spacial score (nSPS) is 11.4. The summed E-state index contributed by atoms with van der Waals surface area (Å²) in [5.74, 6) is -0.127. The first-order valence-electron chi connectivity index (χ1n) is 6.26. The zero-order valence-electron chi connectivity index (χ0n) is 10.6. The van der Waals surface area contributed by atoms with E-state index in [-0.39, 0.29) is 5.97 Å². The number of carbonyl (C=O) groups excluding carboxylic acids is 1. The molecule has 0 aromatic rings. The molecule has 0 aliphatic heterocycles. The monoisotopic (exact) mass is 224 g/mol. The molecule has 0 aliphatic rings. The molecule has 0 rings (SSSR count). The van der Waals surface area contributed by atoms with E-state index in [0.29, 0.717) is 13.0 Å². The van der Waals surface area contributed by atoms with Crippen LogP contribution in [-0.4, -0.2) is 12.6 Å². The zero-order valence-corrected chi connectivity index (χ0v) is 10.6. The number of ether oxygens (including phenoxy) is 1. The van der Waals surface area contributed by atoms with Gasteiger partial charge in [0.1, 0.15) is 0 Å². The molecule has 0 spiro atoms. The van der Waals surface area contributed by atoms with Crippen LogP contribution in [0, 0.1) is 0 Å². The summed E-state index contributed by atoms with van der Waals surface area (Å²) >= 11 is 0. The van der Waals surface area contributed by atoms with Crippen molar-refractivity contribution in [1.29, 1.82) is 0 Å². The van der Waals surface area contributed by atoms with Crippen LogP contribution in [0.4, 0.5) is 0 Å². The van der Waals surface area contributed by atoms with Gasteiger partial charge in [0, 0.05) is 0 Å². The first-order valence-corrected chi connectivity index (χ1v) is 6.26. The average molecular weight is 224 g/mol. The van der Waals surface area contributed by atoms with Crippen LogP contribution in [0.3, 0.4) is 0 Å². The zero-order chi connectivity index (χ0) is 12.1. The van der Waals surface area contributed by atoms with Gasteiger partial charge in [0.25, 0.3) is 0 Å². The van der Waals surface area contributed by atoms with E-state index in [1.54, 1.807) is 0 Å². The minimum absolute atomic E-state index is 0.127. The largest absolute Gasteiger partial charge is 0.465 e. The van der Waals surface area contributed by atoms with Crippen LogP contribution in [0.1, 0.15) is 52.4 Å². The molecule has 0 heterocycles. The fraction of sp³-hybridized carbons (Fsp3) is 0.643. The van der Waals surface area contributed by atoms with Crippen LogP contribution in [0.2, 0.25) is 0 Å². The Kier molecular flexibility index (Phi) is 11.2. The van der Waals surface area contributed by atoms with E-state index in [1.807, 2.05) is 12.2 Å². The van der Waals surface area contributed by atoms with Crippen LogP contribution in [0.15, 0.2) is 24.3 Å². The summed E-state index contributed by atoms with van der Waals surface area (Å²) in [4.78, 5) is 11.2. The second-order valence-electron chi connectivity index (χ2n) is 3.71. The molecule has 16 heavy (non-hydrogen) atoms. The molecule has 0 atom stereocenters. The molecule has 0 aromatic carbocycles. The number of rotatable bonds is 9. The third kappa shape index (κ3) is 11.0. The molecule has 0 fully saturated rings. The van der Waals surface area contributed by atoms with Crippen LogP contribution < -0.4 is 0 Å². The Morgan fingerprint density at radius 1 is 1.06 bits per heavy atom. The standard InChI is InChI=1S/C14H24O2/c1-3-5-7-9-10-12-14(15)16-13-11-8-6-4-2/h6,8-10H,3-5,7,11-13H2,1-2H3/b8-6+,10-9+. The summed E-state index contributed by atoms with van der Waals surface area (Å²) in [6.45, 7) is 4.74. The van der Waals surface area contributed by atoms with Crippen molar-refractivity contribution >= 4 is 5.97 Å². The Labute approximate surface area is 99.4 Å². The maximum absolute atomic E-state index is 11.2. The lowest BCUT2D eigenvalue weighted by molar-refractivity contribution is -0.142. The molecule has 2 heteroatoms. The van der Waals surface area contributed by atoms with Gasteiger partial charge < -0.3 is 4.74 Å². The fourth-order valence-electron chi connectivity index (χ4n) is 1.20. The second kappa shape index (κ2) is 12.0. The third-order valence-electron chi connectivity index (χ3n) is 2.13. The van der Waals surface area contributed by atoms with Gasteiger partial charge in [-0.3, -0.25) is 4.79 Å². The third-order valence-corrected chi connectivity index (χ3v) is 2.13. The Bertz CT molecular complexity index is 217. The highest BCUT2D eigenvalue weighted by molar-refractivity contribution is 5.71. The molecule has 0 radical (unpaired) electrons. The summed E-state index contributed by atoms with van der Waals surface area (Å²) < 4.78 is 5.05. The fourth-order valence-corrected chi connectivity index (χ4v) is 1.20. The number of carbonyl (C=O) groups is 1. The minimum atomic E-state index is -0.127. The van der Waals surface area contributed by atoms with Crippen molar-refractivity contribution in [2.24, 2.45) is 0 Å². The second-order valence-corrected chi connectivity index (χ2v) is 3.71. The predicted molar refractivity (Wildman–Crippen MR) is 68.3 cm³/mol. The Balaban J connectivity index is 3.37. The number of unbranched alkanes of at least 4 members (excludes halogenated alkanes) is 2. The topological polar surface area (TPSA) is 26.3 Å². The van der Waals surface area contributed by atoms with E-state index < -0.39 is 0 Å². The summed E-state index contributed by atoms with van der Waals surface area (Å²) in [6, 6.07) is 0. The molecule has 0 aromatic heterocycles. The molecule has 0 N–H and O–H groups in total. The van der Waals surface area contributed by atoms with Crippen molar-refractivity contribution in [3.63, 3.8) is 0 Å². The SMILES string of the molecule is CC/C=C/CCOC(=O)C/C=C/CCCC. The van der Waals surface area contributed by atoms with Gasteiger partial charge in [-0.05, 0) is 19.3 Å². The first kappa shape index (κ1) is 14.9. The molecule has 0 amide bonds. The number of allylic oxidation sites excluding steroid dienone is 2. The Morgan fingerprint density at radius 3 is 2.50 bits per heavy atom. The summed E-state index contributed by atoms with van der Waals surface area (Å²) in [6.07, 6.45) is 13.8. The van der Waals surface area contributed by atoms with Gasteiger partial charge in [-0.2, -0.15) is 0 Å². The van der Waals surface area contributed by atoms with Gasteiger partial charge in [0.2, 0.25) is 0 Å². The molecular weight excluding hydrogens is 200 g/mol. The molecule has 0 saturated heterocycles. The molecule has 0 unspecified atom stereocenters. The van der Waals surface area contributed by atoms with Gasteiger partial charge >= 0.3 is 5.97 Å². The smallest absolute Gasteiger partial charge is 0.309 e. The number of hydrogen-bond donors (Lipinski definition) is 0. The molecular formula is C14H24O2. The minimum Gasteiger partial charge on any atom is -0.465 e. The predicted octanol–water partition coefficient (Wildman–Crippen LogP) is 4.02. The van der Waals surface area contributed by atoms with E-state index in [0.717, 1.165) is 19.3 Å². The molecule has 0 aliphatic carbocycles. The molecule has 0 bridgehead atoms. The summed E-state index contributed by atoms with van der Waals surface area (Å²) in [5, 5.41) is 0. The van der Waals surface area contributed by atoms with Gasteiger partial charge in [-0.15, -0.1) is 0 Å². The maximum Gasteiger partial charge on any atom is 0.309 e. The highest BCUT2D eigenvalue weighted by atomic mass is 16.5. The average Bonchev–Trinajstić information content (AvgIpc) is 2.28. The lowest BCUT2D eigenvalue weighted by atomic mass is 10.2. The van der Waals surface area contributed by atoms with E-state index >= 15 is 0 Å². The van der Waals surface area contributed by atoms with Crippen molar-refractivity contribution in [2.75, 3.05) is 6.61 Å². The maximum atomic E-state index is 11.2. The van der Waals surface area contributed by atoms with Crippen molar-refractivity contribution in [1.82, 2.24) is 0 Å². The van der Waals surface area contributed by atoms with Crippen LogP contribution in [-0.2, 0) is 9.53 Å². The molecule has 0 saturated carbocycles. The van der Waals surface area contributed by atoms with Crippen molar-refractivity contribution in [3.8, 4) is 0 Å². The van der Waals surface area contributed by atoms with Gasteiger partial charge in [0.15, 0.2) is 0 Å². The summed E-state index contributed by atoms with van der Waals surface area (Å²) in [5.41, 5.74) is 0. The van der Waals surface area contributed by atoms with Gasteiger partial charge in [-0.1, -0.05) is 51.0 Å². The lowest BCUT2D eigenvalue weighted by Gasteiger charge is -1.99. The van der Waals surface area contributed by atoms with Gasteiger partial charge in [0.05, 0.1) is 13.0 Å².